The summed E-state index contributed by atoms with van der Waals surface area (Å²) in [5.41, 5.74) is 0.719. The molecule has 0 saturated carbocycles. The Balaban J connectivity index is 2.04. The summed E-state index contributed by atoms with van der Waals surface area (Å²) < 4.78 is 18.2. The highest BCUT2D eigenvalue weighted by Crippen LogP contribution is 2.20. The molecule has 1 heterocycles. The number of halogens is 2. The van der Waals surface area contributed by atoms with Crippen LogP contribution in [-0.4, -0.2) is 36.3 Å². The summed E-state index contributed by atoms with van der Waals surface area (Å²) in [4.78, 5) is 25.5. The predicted molar refractivity (Wildman–Crippen MR) is 76.4 cm³/mol. The van der Waals surface area contributed by atoms with Crippen molar-refractivity contribution in [3.05, 3.63) is 34.6 Å². The number of rotatable bonds is 4. The molecule has 114 valence electrons. The Morgan fingerprint density at radius 3 is 2.90 bits per heavy atom. The maximum absolute atomic E-state index is 13.3. The van der Waals surface area contributed by atoms with E-state index in [4.69, 9.17) is 16.3 Å². The van der Waals surface area contributed by atoms with Crippen molar-refractivity contribution in [2.45, 2.75) is 19.9 Å². The molecule has 1 fully saturated rings. The second-order valence-electron chi connectivity index (χ2n) is 5.03. The molecule has 1 aromatic carbocycles. The van der Waals surface area contributed by atoms with Gasteiger partial charge in [0.15, 0.2) is 0 Å². The van der Waals surface area contributed by atoms with Gasteiger partial charge in [0, 0.05) is 31.1 Å². The third kappa shape index (κ3) is 4.25. The summed E-state index contributed by atoms with van der Waals surface area (Å²) in [5, 5.41) is 0.333. The molecule has 1 atom stereocenters. The number of carbonyl (C=O) groups excluding carboxylic acids is 2. The SMILES string of the molecule is CCOC(=O)C1CN(Cc2cc(F)cc(Cl)c2)CCC1=O. The van der Waals surface area contributed by atoms with E-state index in [2.05, 4.69) is 0 Å². The molecule has 2 rings (SSSR count). The van der Waals surface area contributed by atoms with Gasteiger partial charge in [-0.15, -0.1) is 0 Å². The van der Waals surface area contributed by atoms with Crippen LogP contribution in [0.1, 0.15) is 18.9 Å². The molecule has 0 bridgehead atoms. The van der Waals surface area contributed by atoms with Crippen LogP contribution in [0.25, 0.3) is 0 Å². The molecule has 6 heteroatoms. The molecular formula is C15H17ClFNO3. The molecule has 1 aliphatic rings. The normalized spacial score (nSPS) is 19.6. The zero-order chi connectivity index (χ0) is 15.4. The summed E-state index contributed by atoms with van der Waals surface area (Å²) in [6.45, 7) is 3.25. The highest BCUT2D eigenvalue weighted by atomic mass is 35.5. The first-order valence-electron chi connectivity index (χ1n) is 6.86. The van der Waals surface area contributed by atoms with Gasteiger partial charge < -0.3 is 4.74 Å². The van der Waals surface area contributed by atoms with E-state index in [1.807, 2.05) is 4.90 Å². The van der Waals surface area contributed by atoms with E-state index in [1.54, 1.807) is 13.0 Å². The second kappa shape index (κ2) is 7.00. The number of likely N-dealkylation sites (tertiary alicyclic amines) is 1. The number of ether oxygens (including phenoxy) is 1. The van der Waals surface area contributed by atoms with E-state index in [0.29, 0.717) is 31.1 Å². The van der Waals surface area contributed by atoms with Crippen molar-refractivity contribution >= 4 is 23.4 Å². The number of nitrogens with zero attached hydrogens (tertiary/aromatic N) is 1. The lowest BCUT2D eigenvalue weighted by atomic mass is 9.96. The van der Waals surface area contributed by atoms with Gasteiger partial charge in [0.25, 0.3) is 0 Å². The number of carbonyl (C=O) groups is 2. The van der Waals surface area contributed by atoms with Gasteiger partial charge in [-0.3, -0.25) is 14.5 Å². The minimum Gasteiger partial charge on any atom is -0.465 e. The van der Waals surface area contributed by atoms with Crippen molar-refractivity contribution in [2.75, 3.05) is 19.7 Å². The number of esters is 1. The predicted octanol–water partition coefficient (Wildman–Crippen LogP) is 2.43. The Bertz CT molecular complexity index is 529. The van der Waals surface area contributed by atoms with Crippen molar-refractivity contribution in [2.24, 2.45) is 5.92 Å². The van der Waals surface area contributed by atoms with Crippen molar-refractivity contribution in [1.29, 1.82) is 0 Å². The van der Waals surface area contributed by atoms with Crippen molar-refractivity contribution < 1.29 is 18.7 Å². The van der Waals surface area contributed by atoms with Crippen LogP contribution in [0.3, 0.4) is 0 Å². The van der Waals surface area contributed by atoms with Gasteiger partial charge >= 0.3 is 5.97 Å². The number of hydrogen-bond acceptors (Lipinski definition) is 4. The molecule has 1 unspecified atom stereocenters. The summed E-state index contributed by atoms with van der Waals surface area (Å²) >= 11 is 5.82. The standard InChI is InChI=1S/C15H17ClFNO3/c1-2-21-15(20)13-9-18(4-3-14(13)19)8-10-5-11(16)7-12(17)6-10/h5-7,13H,2-4,8-9H2,1H3. The largest absolute Gasteiger partial charge is 0.465 e. The van der Waals surface area contributed by atoms with E-state index in [-0.39, 0.29) is 12.4 Å². The third-order valence-corrected chi connectivity index (χ3v) is 3.62. The van der Waals surface area contributed by atoms with Gasteiger partial charge in [-0.1, -0.05) is 11.6 Å². The van der Waals surface area contributed by atoms with E-state index < -0.39 is 17.7 Å². The monoisotopic (exact) mass is 313 g/mol. The maximum Gasteiger partial charge on any atom is 0.317 e. The Kier molecular flexibility index (Phi) is 5.31. The second-order valence-corrected chi connectivity index (χ2v) is 5.47. The van der Waals surface area contributed by atoms with Crippen LogP contribution in [-0.2, 0) is 20.9 Å². The lowest BCUT2D eigenvalue weighted by Crippen LogP contribution is -2.44. The van der Waals surface area contributed by atoms with Crippen LogP contribution in [0.5, 0.6) is 0 Å². The number of piperidine rings is 1. The Hall–Kier alpha value is -1.46. The van der Waals surface area contributed by atoms with Crippen molar-refractivity contribution in [3.8, 4) is 0 Å². The molecular weight excluding hydrogens is 297 g/mol. The van der Waals surface area contributed by atoms with Crippen LogP contribution in [0.2, 0.25) is 5.02 Å². The van der Waals surface area contributed by atoms with Gasteiger partial charge in [-0.2, -0.15) is 0 Å². The molecule has 1 aliphatic heterocycles. The number of ketones is 1. The molecule has 0 aliphatic carbocycles. The van der Waals surface area contributed by atoms with Gasteiger partial charge in [-0.25, -0.2) is 4.39 Å². The highest BCUT2D eigenvalue weighted by molar-refractivity contribution is 6.30. The Morgan fingerprint density at radius 2 is 2.24 bits per heavy atom. The Morgan fingerprint density at radius 1 is 1.48 bits per heavy atom. The first-order chi connectivity index (χ1) is 9.99. The van der Waals surface area contributed by atoms with Crippen molar-refractivity contribution in [3.63, 3.8) is 0 Å². The summed E-state index contributed by atoms with van der Waals surface area (Å²) in [6.07, 6.45) is 0.298. The molecule has 1 aromatic rings. The van der Waals surface area contributed by atoms with Gasteiger partial charge in [0.1, 0.15) is 17.5 Å². The molecule has 0 N–H and O–H groups in total. The minimum absolute atomic E-state index is 0.0954. The van der Waals surface area contributed by atoms with Gasteiger partial charge in [-0.05, 0) is 30.7 Å². The van der Waals surface area contributed by atoms with E-state index in [1.165, 1.54) is 12.1 Å². The molecule has 0 radical (unpaired) electrons. The fourth-order valence-corrected chi connectivity index (χ4v) is 2.69. The molecule has 21 heavy (non-hydrogen) atoms. The molecule has 0 spiro atoms. The van der Waals surface area contributed by atoms with E-state index in [9.17, 15) is 14.0 Å². The van der Waals surface area contributed by atoms with Gasteiger partial charge in [0.2, 0.25) is 0 Å². The lowest BCUT2D eigenvalue weighted by Gasteiger charge is -2.30. The van der Waals surface area contributed by atoms with Crippen molar-refractivity contribution in [1.82, 2.24) is 4.90 Å². The van der Waals surface area contributed by atoms with Crippen LogP contribution in [0, 0.1) is 11.7 Å². The number of hydrogen-bond donors (Lipinski definition) is 0. The maximum atomic E-state index is 13.3. The zero-order valence-corrected chi connectivity index (χ0v) is 12.5. The number of benzene rings is 1. The Labute approximate surface area is 127 Å². The first kappa shape index (κ1) is 15.9. The minimum atomic E-state index is -0.747. The van der Waals surface area contributed by atoms with Crippen LogP contribution in [0.4, 0.5) is 4.39 Å². The molecule has 1 saturated heterocycles. The average molecular weight is 314 g/mol. The first-order valence-corrected chi connectivity index (χ1v) is 7.24. The van der Waals surface area contributed by atoms with Crippen LogP contribution >= 0.6 is 11.6 Å². The summed E-state index contributed by atoms with van der Waals surface area (Å²) in [6, 6.07) is 4.33. The molecule has 4 nitrogen and oxygen atoms in total. The van der Waals surface area contributed by atoms with E-state index in [0.717, 1.165) is 5.56 Å². The summed E-state index contributed by atoms with van der Waals surface area (Å²) in [7, 11) is 0. The summed E-state index contributed by atoms with van der Waals surface area (Å²) in [5.74, 6) is -1.72. The third-order valence-electron chi connectivity index (χ3n) is 3.40. The van der Waals surface area contributed by atoms with Crippen LogP contribution in [0.15, 0.2) is 18.2 Å². The smallest absolute Gasteiger partial charge is 0.317 e. The lowest BCUT2D eigenvalue weighted by molar-refractivity contribution is -0.154. The fourth-order valence-electron chi connectivity index (χ4n) is 2.45. The van der Waals surface area contributed by atoms with Crippen LogP contribution < -0.4 is 0 Å². The quantitative estimate of drug-likeness (QED) is 0.633. The topological polar surface area (TPSA) is 46.6 Å². The van der Waals surface area contributed by atoms with E-state index >= 15 is 0 Å². The fraction of sp³-hybridized carbons (Fsp3) is 0.467. The van der Waals surface area contributed by atoms with Gasteiger partial charge in [0.05, 0.1) is 6.61 Å². The zero-order valence-electron chi connectivity index (χ0n) is 11.8. The average Bonchev–Trinajstić information content (AvgIpc) is 2.40. The highest BCUT2D eigenvalue weighted by Gasteiger charge is 2.33. The number of Topliss-reactive ketones (excluding diaryl/α,β-unsaturated/α-hetero) is 1. The molecule has 0 amide bonds. The molecule has 0 aromatic heterocycles.